The van der Waals surface area contributed by atoms with Crippen molar-refractivity contribution in [3.63, 3.8) is 0 Å². The number of thiophene rings is 1. The van der Waals surface area contributed by atoms with E-state index in [0.29, 0.717) is 6.54 Å². The Labute approximate surface area is 135 Å². The predicted octanol–water partition coefficient (Wildman–Crippen LogP) is 3.25. The normalized spacial score (nSPS) is 11.4. The van der Waals surface area contributed by atoms with Gasteiger partial charge in [0.2, 0.25) is 0 Å². The summed E-state index contributed by atoms with van der Waals surface area (Å²) in [5, 5.41) is 4.87. The average molecular weight is 321 g/mol. The van der Waals surface area contributed by atoms with Crippen LogP contribution in [0.1, 0.15) is 31.3 Å². The van der Waals surface area contributed by atoms with Gasteiger partial charge in [0.1, 0.15) is 5.60 Å². The van der Waals surface area contributed by atoms with Crippen molar-refractivity contribution in [1.29, 1.82) is 0 Å². The summed E-state index contributed by atoms with van der Waals surface area (Å²) in [7, 11) is 0. The smallest absolute Gasteiger partial charge is 0.407 e. The number of carbonyl (C=O) groups is 1. The molecule has 2 heterocycles. The third kappa shape index (κ3) is 5.52. The molecule has 0 saturated carbocycles. The Morgan fingerprint density at radius 3 is 2.91 bits per heavy atom. The second-order valence-corrected chi connectivity index (χ2v) is 7.12. The van der Waals surface area contributed by atoms with Gasteiger partial charge in [-0.2, -0.15) is 0 Å². The second kappa shape index (κ2) is 7.45. The van der Waals surface area contributed by atoms with E-state index >= 15 is 0 Å². The number of carbonyl (C=O) groups excluding carboxylic acids is 1. The SMILES string of the molecule is CC(C)(C)OC(=O)NCCc1cncn1CCc1cccs1. The largest absolute Gasteiger partial charge is 0.444 e. The monoisotopic (exact) mass is 321 g/mol. The lowest BCUT2D eigenvalue weighted by molar-refractivity contribution is 0.0528. The van der Waals surface area contributed by atoms with Crippen molar-refractivity contribution in [2.75, 3.05) is 6.54 Å². The molecular weight excluding hydrogens is 298 g/mol. The minimum atomic E-state index is -0.466. The number of nitrogens with one attached hydrogen (secondary N) is 1. The summed E-state index contributed by atoms with van der Waals surface area (Å²) >= 11 is 1.77. The first-order chi connectivity index (χ1) is 10.4. The van der Waals surface area contributed by atoms with E-state index in [-0.39, 0.29) is 6.09 Å². The van der Waals surface area contributed by atoms with E-state index in [1.54, 1.807) is 11.3 Å². The van der Waals surface area contributed by atoms with Gasteiger partial charge in [0.15, 0.2) is 0 Å². The van der Waals surface area contributed by atoms with Crippen LogP contribution < -0.4 is 5.32 Å². The number of imidazole rings is 1. The van der Waals surface area contributed by atoms with E-state index in [0.717, 1.165) is 25.1 Å². The van der Waals surface area contributed by atoms with E-state index in [9.17, 15) is 4.79 Å². The molecule has 6 heteroatoms. The number of ether oxygens (including phenoxy) is 1. The van der Waals surface area contributed by atoms with Crippen LogP contribution in [0.5, 0.6) is 0 Å². The van der Waals surface area contributed by atoms with Gasteiger partial charge in [0, 0.05) is 36.3 Å². The predicted molar refractivity (Wildman–Crippen MR) is 88.2 cm³/mol. The van der Waals surface area contributed by atoms with Gasteiger partial charge in [-0.3, -0.25) is 0 Å². The maximum atomic E-state index is 11.6. The highest BCUT2D eigenvalue weighted by Crippen LogP contribution is 2.11. The Morgan fingerprint density at radius 1 is 1.41 bits per heavy atom. The van der Waals surface area contributed by atoms with Gasteiger partial charge in [0.05, 0.1) is 6.33 Å². The van der Waals surface area contributed by atoms with Crippen LogP contribution in [0.15, 0.2) is 30.0 Å². The molecule has 0 aromatic carbocycles. The first-order valence-electron chi connectivity index (χ1n) is 7.42. The van der Waals surface area contributed by atoms with Crippen molar-refractivity contribution in [3.05, 3.63) is 40.6 Å². The minimum Gasteiger partial charge on any atom is -0.444 e. The van der Waals surface area contributed by atoms with Gasteiger partial charge >= 0.3 is 6.09 Å². The molecule has 0 aliphatic heterocycles. The Kier molecular flexibility index (Phi) is 5.60. The van der Waals surface area contributed by atoms with Crippen LogP contribution in [0.4, 0.5) is 4.79 Å². The Balaban J connectivity index is 1.76. The van der Waals surface area contributed by atoms with Crippen LogP contribution in [-0.2, 0) is 24.1 Å². The highest BCUT2D eigenvalue weighted by molar-refractivity contribution is 7.09. The van der Waals surface area contributed by atoms with Crippen molar-refractivity contribution >= 4 is 17.4 Å². The maximum absolute atomic E-state index is 11.6. The first-order valence-corrected chi connectivity index (χ1v) is 8.30. The topological polar surface area (TPSA) is 56.1 Å². The Bertz CT molecular complexity index is 585. The van der Waals surface area contributed by atoms with Crippen LogP contribution in [-0.4, -0.2) is 27.8 Å². The Hall–Kier alpha value is -1.82. The van der Waals surface area contributed by atoms with Crippen molar-refractivity contribution in [1.82, 2.24) is 14.9 Å². The molecule has 1 amide bonds. The van der Waals surface area contributed by atoms with E-state index in [2.05, 4.69) is 32.4 Å². The number of hydrogen-bond donors (Lipinski definition) is 1. The molecule has 2 rings (SSSR count). The van der Waals surface area contributed by atoms with Crippen LogP contribution in [0.25, 0.3) is 0 Å². The van der Waals surface area contributed by atoms with Crippen molar-refractivity contribution in [3.8, 4) is 0 Å². The summed E-state index contributed by atoms with van der Waals surface area (Å²) in [6, 6.07) is 4.21. The number of aromatic nitrogens is 2. The standard InChI is InChI=1S/C16H23N3O2S/c1-16(2,3)21-15(20)18-8-6-13-11-17-12-19(13)9-7-14-5-4-10-22-14/h4-5,10-12H,6-9H2,1-3H3,(H,18,20). The summed E-state index contributed by atoms with van der Waals surface area (Å²) in [6.07, 6.45) is 5.06. The average Bonchev–Trinajstić information content (AvgIpc) is 3.04. The fourth-order valence-corrected chi connectivity index (χ4v) is 2.75. The molecule has 120 valence electrons. The van der Waals surface area contributed by atoms with E-state index in [1.807, 2.05) is 33.3 Å². The number of aryl methyl sites for hydroxylation is 2. The molecule has 0 aliphatic rings. The zero-order chi connectivity index (χ0) is 16.0. The molecule has 0 radical (unpaired) electrons. The number of alkyl carbamates (subject to hydrolysis) is 1. The molecule has 0 fully saturated rings. The maximum Gasteiger partial charge on any atom is 0.407 e. The van der Waals surface area contributed by atoms with Gasteiger partial charge in [0.25, 0.3) is 0 Å². The van der Waals surface area contributed by atoms with Crippen molar-refractivity contribution in [2.45, 2.75) is 45.8 Å². The molecule has 0 unspecified atom stereocenters. The molecule has 22 heavy (non-hydrogen) atoms. The van der Waals surface area contributed by atoms with Crippen LogP contribution >= 0.6 is 11.3 Å². The van der Waals surface area contributed by atoms with Crippen LogP contribution in [0, 0.1) is 0 Å². The van der Waals surface area contributed by atoms with Crippen molar-refractivity contribution in [2.24, 2.45) is 0 Å². The minimum absolute atomic E-state index is 0.378. The highest BCUT2D eigenvalue weighted by atomic mass is 32.1. The Morgan fingerprint density at radius 2 is 2.23 bits per heavy atom. The van der Waals surface area contributed by atoms with Gasteiger partial charge < -0.3 is 14.6 Å². The second-order valence-electron chi connectivity index (χ2n) is 6.09. The van der Waals surface area contributed by atoms with E-state index in [4.69, 9.17) is 4.74 Å². The van der Waals surface area contributed by atoms with Gasteiger partial charge in [-0.1, -0.05) is 6.07 Å². The molecule has 0 aliphatic carbocycles. The molecular formula is C16H23N3O2S. The number of amides is 1. The highest BCUT2D eigenvalue weighted by Gasteiger charge is 2.15. The van der Waals surface area contributed by atoms with E-state index in [1.165, 1.54) is 4.88 Å². The summed E-state index contributed by atoms with van der Waals surface area (Å²) < 4.78 is 7.35. The lowest BCUT2D eigenvalue weighted by Gasteiger charge is -2.19. The molecule has 0 spiro atoms. The fourth-order valence-electron chi connectivity index (χ4n) is 2.05. The van der Waals surface area contributed by atoms with Crippen LogP contribution in [0.2, 0.25) is 0 Å². The zero-order valence-electron chi connectivity index (χ0n) is 13.3. The summed E-state index contributed by atoms with van der Waals surface area (Å²) in [4.78, 5) is 17.2. The molecule has 0 atom stereocenters. The summed E-state index contributed by atoms with van der Waals surface area (Å²) in [6.45, 7) is 7.01. The molecule has 0 bridgehead atoms. The van der Waals surface area contributed by atoms with Gasteiger partial charge in [-0.15, -0.1) is 11.3 Å². The first kappa shape index (κ1) is 16.5. The molecule has 2 aromatic rings. The third-order valence-corrected chi connectivity index (χ3v) is 3.96. The van der Waals surface area contributed by atoms with E-state index < -0.39 is 5.60 Å². The zero-order valence-corrected chi connectivity index (χ0v) is 14.2. The van der Waals surface area contributed by atoms with Gasteiger partial charge in [-0.05, 0) is 38.6 Å². The molecule has 5 nitrogen and oxygen atoms in total. The summed E-state index contributed by atoms with van der Waals surface area (Å²) in [5.74, 6) is 0. The third-order valence-electron chi connectivity index (χ3n) is 3.03. The number of rotatable bonds is 6. The molecule has 1 N–H and O–H groups in total. The number of hydrogen-bond acceptors (Lipinski definition) is 4. The number of nitrogens with zero attached hydrogens (tertiary/aromatic N) is 2. The molecule has 0 saturated heterocycles. The lowest BCUT2D eigenvalue weighted by atomic mass is 10.2. The molecule has 2 aromatic heterocycles. The lowest BCUT2D eigenvalue weighted by Crippen LogP contribution is -2.33. The van der Waals surface area contributed by atoms with Gasteiger partial charge in [-0.25, -0.2) is 9.78 Å². The fraction of sp³-hybridized carbons (Fsp3) is 0.500. The van der Waals surface area contributed by atoms with Crippen molar-refractivity contribution < 1.29 is 9.53 Å². The van der Waals surface area contributed by atoms with Crippen LogP contribution in [0.3, 0.4) is 0 Å². The summed E-state index contributed by atoms with van der Waals surface area (Å²) in [5.41, 5.74) is 0.652. The quantitative estimate of drug-likeness (QED) is 0.888.